The Morgan fingerprint density at radius 3 is 2.70 bits per heavy atom. The van der Waals surface area contributed by atoms with Crippen molar-refractivity contribution >= 4 is 16.8 Å². The number of nitrogens with two attached hydrogens (primary N) is 1. The molecule has 1 aromatic carbocycles. The Kier molecular flexibility index (Phi) is 4.35. The minimum atomic E-state index is -0.307. The summed E-state index contributed by atoms with van der Waals surface area (Å²) in [4.78, 5) is 15.8. The predicted octanol–water partition coefficient (Wildman–Crippen LogP) is 2.14. The summed E-state index contributed by atoms with van der Waals surface area (Å²) >= 11 is 0. The number of fused-ring (bicyclic) bond motifs is 1. The third kappa shape index (κ3) is 3.33. The fraction of sp³-hybridized carbons (Fsp3) is 0.375. The number of benzene rings is 1. The quantitative estimate of drug-likeness (QED) is 0.875. The van der Waals surface area contributed by atoms with Gasteiger partial charge in [0.2, 0.25) is 5.91 Å². The molecule has 0 radical (unpaired) electrons. The zero-order chi connectivity index (χ0) is 14.7. The topological polar surface area (TPSA) is 68.0 Å². The Morgan fingerprint density at radius 1 is 1.30 bits per heavy atom. The van der Waals surface area contributed by atoms with Gasteiger partial charge in [0.1, 0.15) is 0 Å². The van der Waals surface area contributed by atoms with Crippen molar-refractivity contribution in [2.75, 3.05) is 0 Å². The molecule has 0 fully saturated rings. The number of primary amides is 1. The summed E-state index contributed by atoms with van der Waals surface area (Å²) in [5, 5.41) is 4.32. The normalized spacial score (nSPS) is 12.8. The fourth-order valence-electron chi connectivity index (χ4n) is 2.28. The summed E-state index contributed by atoms with van der Waals surface area (Å²) in [5.74, 6) is -0.129. The smallest absolute Gasteiger partial charge is 0.234 e. The molecule has 0 aliphatic rings. The second-order valence-electron chi connectivity index (χ2n) is 5.48. The predicted molar refractivity (Wildman–Crippen MR) is 81.1 cm³/mol. The molecule has 0 bridgehead atoms. The van der Waals surface area contributed by atoms with Crippen LogP contribution in [0.5, 0.6) is 0 Å². The number of aromatic nitrogens is 1. The summed E-state index contributed by atoms with van der Waals surface area (Å²) in [6, 6.07) is 9.89. The van der Waals surface area contributed by atoms with Gasteiger partial charge in [-0.15, -0.1) is 0 Å². The molecule has 2 rings (SSSR count). The van der Waals surface area contributed by atoms with Gasteiger partial charge in [-0.05, 0) is 36.6 Å². The summed E-state index contributed by atoms with van der Waals surface area (Å²) in [7, 11) is 0. The minimum absolute atomic E-state index is 0.178. The lowest BCUT2D eigenvalue weighted by Crippen LogP contribution is -2.44. The highest BCUT2D eigenvalue weighted by Gasteiger charge is 2.18. The van der Waals surface area contributed by atoms with Crippen molar-refractivity contribution in [1.82, 2.24) is 10.3 Å². The third-order valence-electron chi connectivity index (χ3n) is 3.39. The molecular weight excluding hydrogens is 250 g/mol. The van der Waals surface area contributed by atoms with Crippen LogP contribution in [0.1, 0.15) is 25.1 Å². The van der Waals surface area contributed by atoms with Crippen molar-refractivity contribution in [2.24, 2.45) is 11.7 Å². The van der Waals surface area contributed by atoms with Gasteiger partial charge in [0.25, 0.3) is 0 Å². The average molecular weight is 271 g/mol. The number of rotatable bonds is 5. The number of amides is 1. The van der Waals surface area contributed by atoms with E-state index in [1.807, 2.05) is 39.0 Å². The van der Waals surface area contributed by atoms with Gasteiger partial charge in [-0.1, -0.05) is 26.0 Å². The van der Waals surface area contributed by atoms with E-state index in [2.05, 4.69) is 22.4 Å². The second kappa shape index (κ2) is 6.01. The Balaban J connectivity index is 2.14. The van der Waals surface area contributed by atoms with E-state index in [1.54, 1.807) is 0 Å². The lowest BCUT2D eigenvalue weighted by atomic mass is 10.0. The number of nitrogens with one attached hydrogen (secondary N) is 1. The summed E-state index contributed by atoms with van der Waals surface area (Å²) in [6.07, 6.45) is 0. The summed E-state index contributed by atoms with van der Waals surface area (Å²) in [6.45, 7) is 6.57. The number of hydrogen-bond donors (Lipinski definition) is 2. The van der Waals surface area contributed by atoms with Crippen LogP contribution in [-0.4, -0.2) is 16.9 Å². The monoisotopic (exact) mass is 271 g/mol. The fourth-order valence-corrected chi connectivity index (χ4v) is 2.28. The van der Waals surface area contributed by atoms with Crippen molar-refractivity contribution in [2.45, 2.75) is 33.4 Å². The van der Waals surface area contributed by atoms with Gasteiger partial charge >= 0.3 is 0 Å². The molecule has 1 aromatic heterocycles. The van der Waals surface area contributed by atoms with Gasteiger partial charge < -0.3 is 11.1 Å². The number of hydrogen-bond acceptors (Lipinski definition) is 3. The van der Waals surface area contributed by atoms with Crippen LogP contribution in [0.3, 0.4) is 0 Å². The molecule has 1 unspecified atom stereocenters. The van der Waals surface area contributed by atoms with E-state index in [-0.39, 0.29) is 17.9 Å². The van der Waals surface area contributed by atoms with Crippen LogP contribution in [-0.2, 0) is 11.3 Å². The average Bonchev–Trinajstić information content (AvgIpc) is 2.38. The first-order chi connectivity index (χ1) is 9.47. The molecule has 1 atom stereocenters. The SMILES string of the molecule is Cc1ccc2cc(CNC(C(N)=O)C(C)C)ccc2n1. The Morgan fingerprint density at radius 2 is 2.05 bits per heavy atom. The van der Waals surface area contributed by atoms with Crippen LogP contribution in [0.2, 0.25) is 0 Å². The first-order valence-electron chi connectivity index (χ1n) is 6.86. The maximum Gasteiger partial charge on any atom is 0.234 e. The van der Waals surface area contributed by atoms with E-state index in [1.165, 1.54) is 0 Å². The van der Waals surface area contributed by atoms with Crippen molar-refractivity contribution in [3.63, 3.8) is 0 Å². The maximum atomic E-state index is 11.4. The maximum absolute atomic E-state index is 11.4. The molecule has 1 heterocycles. The molecular formula is C16H21N3O. The van der Waals surface area contributed by atoms with E-state index < -0.39 is 0 Å². The zero-order valence-electron chi connectivity index (χ0n) is 12.2. The van der Waals surface area contributed by atoms with Crippen molar-refractivity contribution in [3.05, 3.63) is 41.6 Å². The zero-order valence-corrected chi connectivity index (χ0v) is 12.2. The summed E-state index contributed by atoms with van der Waals surface area (Å²) in [5.41, 5.74) is 8.52. The van der Waals surface area contributed by atoms with Gasteiger partial charge in [0.05, 0.1) is 11.6 Å². The van der Waals surface area contributed by atoms with Gasteiger partial charge in [-0.3, -0.25) is 9.78 Å². The Labute approximate surface area is 119 Å². The highest BCUT2D eigenvalue weighted by molar-refractivity contribution is 5.80. The molecule has 0 spiro atoms. The molecule has 0 saturated heterocycles. The standard InChI is InChI=1S/C16H21N3O/c1-10(2)15(16(17)20)18-9-12-5-7-14-13(8-12)6-4-11(3)19-14/h4-8,10,15,18H,9H2,1-3H3,(H2,17,20). The molecule has 0 aliphatic heterocycles. The van der Waals surface area contributed by atoms with Crippen molar-refractivity contribution < 1.29 is 4.79 Å². The largest absolute Gasteiger partial charge is 0.368 e. The molecule has 0 aliphatic carbocycles. The van der Waals surface area contributed by atoms with Crippen LogP contribution >= 0.6 is 0 Å². The molecule has 1 amide bonds. The van der Waals surface area contributed by atoms with Crippen LogP contribution in [0.15, 0.2) is 30.3 Å². The molecule has 4 nitrogen and oxygen atoms in total. The van der Waals surface area contributed by atoms with Crippen molar-refractivity contribution in [1.29, 1.82) is 0 Å². The van der Waals surface area contributed by atoms with Crippen LogP contribution in [0.25, 0.3) is 10.9 Å². The highest BCUT2D eigenvalue weighted by Crippen LogP contribution is 2.15. The number of pyridine rings is 1. The number of carbonyl (C=O) groups excluding carboxylic acids is 1. The molecule has 4 heteroatoms. The molecule has 106 valence electrons. The van der Waals surface area contributed by atoms with Crippen molar-refractivity contribution in [3.8, 4) is 0 Å². The molecule has 0 saturated carbocycles. The van der Waals surface area contributed by atoms with Crippen LogP contribution in [0.4, 0.5) is 0 Å². The van der Waals surface area contributed by atoms with E-state index in [0.29, 0.717) is 6.54 Å². The number of nitrogens with zero attached hydrogens (tertiary/aromatic N) is 1. The van der Waals surface area contributed by atoms with Gasteiger partial charge in [0, 0.05) is 17.6 Å². The second-order valence-corrected chi connectivity index (χ2v) is 5.48. The Hall–Kier alpha value is -1.94. The van der Waals surface area contributed by atoms with E-state index in [4.69, 9.17) is 5.73 Å². The lowest BCUT2D eigenvalue weighted by molar-refractivity contribution is -0.121. The molecule has 2 aromatic rings. The number of aryl methyl sites for hydroxylation is 1. The first-order valence-corrected chi connectivity index (χ1v) is 6.86. The minimum Gasteiger partial charge on any atom is -0.368 e. The first kappa shape index (κ1) is 14.5. The Bertz CT molecular complexity index is 622. The highest BCUT2D eigenvalue weighted by atomic mass is 16.1. The summed E-state index contributed by atoms with van der Waals surface area (Å²) < 4.78 is 0. The van der Waals surface area contributed by atoms with Gasteiger partial charge in [-0.25, -0.2) is 0 Å². The van der Waals surface area contributed by atoms with Crippen LogP contribution < -0.4 is 11.1 Å². The van der Waals surface area contributed by atoms with Gasteiger partial charge in [-0.2, -0.15) is 0 Å². The van der Waals surface area contributed by atoms with E-state index >= 15 is 0 Å². The lowest BCUT2D eigenvalue weighted by Gasteiger charge is -2.19. The van der Waals surface area contributed by atoms with E-state index in [0.717, 1.165) is 22.2 Å². The molecule has 20 heavy (non-hydrogen) atoms. The van der Waals surface area contributed by atoms with E-state index in [9.17, 15) is 4.79 Å². The van der Waals surface area contributed by atoms with Crippen LogP contribution in [0, 0.1) is 12.8 Å². The molecule has 3 N–H and O–H groups in total. The number of carbonyl (C=O) groups is 1. The third-order valence-corrected chi connectivity index (χ3v) is 3.39. The van der Waals surface area contributed by atoms with Gasteiger partial charge in [0.15, 0.2) is 0 Å².